The summed E-state index contributed by atoms with van der Waals surface area (Å²) in [6.45, 7) is 4.10. The maximum Gasteiger partial charge on any atom is 0.320 e. The fourth-order valence-corrected chi connectivity index (χ4v) is 3.01. The first-order chi connectivity index (χ1) is 10.0. The molecule has 1 unspecified atom stereocenters. The van der Waals surface area contributed by atoms with E-state index >= 15 is 0 Å². The number of carboxylic acid groups (broad SMARTS) is 1. The van der Waals surface area contributed by atoms with Crippen molar-refractivity contribution >= 4 is 5.97 Å². The molecule has 0 saturated heterocycles. The standard InChI is InChI=1S/C17H25NO3/c1-11(2)8-15(17(19)20)18-13-9-12(10-13)14-6-4-5-7-16(14)21-3/h4-7,11-13,15,18H,8-10H2,1-3H3,(H,19,20). The van der Waals surface area contributed by atoms with E-state index in [-0.39, 0.29) is 0 Å². The Hall–Kier alpha value is -1.55. The summed E-state index contributed by atoms with van der Waals surface area (Å²) < 4.78 is 5.39. The number of para-hydroxylation sites is 1. The molecule has 0 spiro atoms. The van der Waals surface area contributed by atoms with E-state index in [4.69, 9.17) is 4.74 Å². The monoisotopic (exact) mass is 291 g/mol. The van der Waals surface area contributed by atoms with E-state index in [1.54, 1.807) is 7.11 Å². The van der Waals surface area contributed by atoms with Gasteiger partial charge in [-0.15, -0.1) is 0 Å². The van der Waals surface area contributed by atoms with Crippen molar-refractivity contribution in [2.24, 2.45) is 5.92 Å². The van der Waals surface area contributed by atoms with Crippen LogP contribution in [0, 0.1) is 5.92 Å². The van der Waals surface area contributed by atoms with Crippen molar-refractivity contribution in [3.8, 4) is 5.75 Å². The smallest absolute Gasteiger partial charge is 0.320 e. The Balaban J connectivity index is 1.90. The summed E-state index contributed by atoms with van der Waals surface area (Å²) >= 11 is 0. The lowest BCUT2D eigenvalue weighted by Gasteiger charge is -2.38. The molecule has 2 N–H and O–H groups in total. The van der Waals surface area contributed by atoms with E-state index in [0.717, 1.165) is 18.6 Å². The van der Waals surface area contributed by atoms with Gasteiger partial charge in [0.25, 0.3) is 0 Å². The molecule has 1 aliphatic carbocycles. The molecule has 21 heavy (non-hydrogen) atoms. The van der Waals surface area contributed by atoms with Crippen molar-refractivity contribution in [1.82, 2.24) is 5.32 Å². The maximum absolute atomic E-state index is 11.3. The topological polar surface area (TPSA) is 58.6 Å². The van der Waals surface area contributed by atoms with E-state index < -0.39 is 12.0 Å². The Morgan fingerprint density at radius 1 is 1.38 bits per heavy atom. The second kappa shape index (κ2) is 6.94. The summed E-state index contributed by atoms with van der Waals surface area (Å²) in [5.41, 5.74) is 1.23. The Morgan fingerprint density at radius 2 is 2.05 bits per heavy atom. The second-order valence-electron chi connectivity index (χ2n) is 6.29. The quantitative estimate of drug-likeness (QED) is 0.810. The van der Waals surface area contributed by atoms with Crippen LogP contribution in [0.1, 0.15) is 44.6 Å². The molecule has 1 saturated carbocycles. The highest BCUT2D eigenvalue weighted by Crippen LogP contribution is 2.41. The third kappa shape index (κ3) is 3.97. The van der Waals surface area contributed by atoms with Gasteiger partial charge in [0, 0.05) is 6.04 Å². The summed E-state index contributed by atoms with van der Waals surface area (Å²) in [5, 5.41) is 12.6. The number of methoxy groups -OCH3 is 1. The van der Waals surface area contributed by atoms with Crippen LogP contribution in [0.5, 0.6) is 5.75 Å². The third-order valence-electron chi connectivity index (χ3n) is 4.16. The van der Waals surface area contributed by atoms with Crippen LogP contribution in [0.15, 0.2) is 24.3 Å². The summed E-state index contributed by atoms with van der Waals surface area (Å²) in [6.07, 6.45) is 2.62. The molecule has 0 aliphatic heterocycles. The number of hydrogen-bond donors (Lipinski definition) is 2. The molecule has 4 heteroatoms. The molecule has 1 fully saturated rings. The van der Waals surface area contributed by atoms with Crippen LogP contribution in [-0.4, -0.2) is 30.3 Å². The number of ether oxygens (including phenoxy) is 1. The van der Waals surface area contributed by atoms with Crippen LogP contribution in [0.25, 0.3) is 0 Å². The average molecular weight is 291 g/mol. The van der Waals surface area contributed by atoms with Crippen molar-refractivity contribution in [2.45, 2.75) is 51.1 Å². The number of carbonyl (C=O) groups is 1. The van der Waals surface area contributed by atoms with Crippen molar-refractivity contribution < 1.29 is 14.6 Å². The Morgan fingerprint density at radius 3 is 2.62 bits per heavy atom. The minimum absolute atomic E-state index is 0.291. The molecule has 0 radical (unpaired) electrons. The number of nitrogens with one attached hydrogen (secondary N) is 1. The van der Waals surface area contributed by atoms with Crippen LogP contribution >= 0.6 is 0 Å². The molecule has 1 aromatic carbocycles. The first kappa shape index (κ1) is 15.8. The first-order valence-electron chi connectivity index (χ1n) is 7.63. The fraction of sp³-hybridized carbons (Fsp3) is 0.588. The van der Waals surface area contributed by atoms with Crippen LogP contribution in [0.4, 0.5) is 0 Å². The molecule has 0 heterocycles. The highest BCUT2D eigenvalue weighted by atomic mass is 16.5. The fourth-order valence-electron chi connectivity index (χ4n) is 3.01. The molecule has 116 valence electrons. The number of rotatable bonds is 7. The number of hydrogen-bond acceptors (Lipinski definition) is 3. The molecule has 0 bridgehead atoms. The van der Waals surface area contributed by atoms with Gasteiger partial charge in [-0.25, -0.2) is 0 Å². The normalized spacial score (nSPS) is 22.7. The molecule has 1 aliphatic rings. The molecular weight excluding hydrogens is 266 g/mol. The van der Waals surface area contributed by atoms with Gasteiger partial charge in [-0.3, -0.25) is 4.79 Å². The predicted octanol–water partition coefficient (Wildman–Crippen LogP) is 3.03. The Kier molecular flexibility index (Phi) is 5.23. The number of aliphatic carboxylic acids is 1. The molecule has 4 nitrogen and oxygen atoms in total. The molecule has 1 atom stereocenters. The SMILES string of the molecule is COc1ccccc1C1CC(NC(CC(C)C)C(=O)O)C1. The molecule has 0 aromatic heterocycles. The predicted molar refractivity (Wildman–Crippen MR) is 82.8 cm³/mol. The zero-order chi connectivity index (χ0) is 15.4. The summed E-state index contributed by atoms with van der Waals surface area (Å²) in [5.74, 6) is 1.03. The lowest BCUT2D eigenvalue weighted by Crippen LogP contribution is -2.49. The van der Waals surface area contributed by atoms with Gasteiger partial charge in [-0.05, 0) is 42.7 Å². The van der Waals surface area contributed by atoms with Gasteiger partial charge in [0.15, 0.2) is 0 Å². The lowest BCUT2D eigenvalue weighted by molar-refractivity contribution is -0.140. The largest absolute Gasteiger partial charge is 0.496 e. The minimum Gasteiger partial charge on any atom is -0.496 e. The highest BCUT2D eigenvalue weighted by molar-refractivity contribution is 5.73. The zero-order valence-electron chi connectivity index (χ0n) is 13.0. The van der Waals surface area contributed by atoms with Crippen molar-refractivity contribution in [2.75, 3.05) is 7.11 Å². The van der Waals surface area contributed by atoms with Crippen LogP contribution in [-0.2, 0) is 4.79 Å². The maximum atomic E-state index is 11.3. The van der Waals surface area contributed by atoms with Gasteiger partial charge >= 0.3 is 5.97 Å². The summed E-state index contributed by atoms with van der Waals surface area (Å²) in [6, 6.07) is 7.93. The average Bonchev–Trinajstić information content (AvgIpc) is 2.40. The number of carboxylic acids is 1. The van der Waals surface area contributed by atoms with Gasteiger partial charge in [0.2, 0.25) is 0 Å². The molecule has 2 rings (SSSR count). The molecular formula is C17H25NO3. The second-order valence-corrected chi connectivity index (χ2v) is 6.29. The van der Waals surface area contributed by atoms with Crippen molar-refractivity contribution in [1.29, 1.82) is 0 Å². The molecule has 0 amide bonds. The number of benzene rings is 1. The Bertz CT molecular complexity index is 481. The van der Waals surface area contributed by atoms with Crippen LogP contribution < -0.4 is 10.1 Å². The van der Waals surface area contributed by atoms with Gasteiger partial charge in [0.05, 0.1) is 7.11 Å². The van der Waals surface area contributed by atoms with Gasteiger partial charge in [-0.1, -0.05) is 32.0 Å². The summed E-state index contributed by atoms with van der Waals surface area (Å²) in [4.78, 5) is 11.3. The van der Waals surface area contributed by atoms with Gasteiger partial charge < -0.3 is 15.2 Å². The zero-order valence-corrected chi connectivity index (χ0v) is 13.0. The van der Waals surface area contributed by atoms with E-state index in [0.29, 0.717) is 24.3 Å². The van der Waals surface area contributed by atoms with E-state index in [9.17, 15) is 9.90 Å². The van der Waals surface area contributed by atoms with Crippen LogP contribution in [0.2, 0.25) is 0 Å². The highest BCUT2D eigenvalue weighted by Gasteiger charge is 2.34. The Labute approximate surface area is 126 Å². The molecule has 1 aromatic rings. The van der Waals surface area contributed by atoms with Crippen molar-refractivity contribution in [3.05, 3.63) is 29.8 Å². The minimum atomic E-state index is -0.746. The van der Waals surface area contributed by atoms with Gasteiger partial charge in [0.1, 0.15) is 11.8 Å². The van der Waals surface area contributed by atoms with E-state index in [1.165, 1.54) is 5.56 Å². The van der Waals surface area contributed by atoms with Crippen LogP contribution in [0.3, 0.4) is 0 Å². The van der Waals surface area contributed by atoms with E-state index in [2.05, 4.69) is 25.2 Å². The van der Waals surface area contributed by atoms with Crippen molar-refractivity contribution in [3.63, 3.8) is 0 Å². The van der Waals surface area contributed by atoms with Gasteiger partial charge in [-0.2, -0.15) is 0 Å². The third-order valence-corrected chi connectivity index (χ3v) is 4.16. The lowest BCUT2D eigenvalue weighted by atomic mass is 9.75. The van der Waals surface area contributed by atoms with E-state index in [1.807, 2.05) is 18.2 Å². The first-order valence-corrected chi connectivity index (χ1v) is 7.63. The summed E-state index contributed by atoms with van der Waals surface area (Å²) in [7, 11) is 1.69.